The number of aromatic nitrogens is 1. The van der Waals surface area contributed by atoms with Gasteiger partial charge in [0.05, 0.1) is 7.11 Å². The first-order chi connectivity index (χ1) is 9.70. The molecule has 0 atom stereocenters. The third-order valence-corrected chi connectivity index (χ3v) is 2.87. The number of ether oxygens (including phenoxy) is 1. The zero-order valence-corrected chi connectivity index (χ0v) is 11.7. The summed E-state index contributed by atoms with van der Waals surface area (Å²) in [4.78, 5) is 4.12. The first-order valence-corrected chi connectivity index (χ1v) is 6.39. The summed E-state index contributed by atoms with van der Waals surface area (Å²) in [7, 11) is 1.55. The molecule has 0 spiro atoms. The minimum atomic E-state index is -0.266. The average Bonchev–Trinajstić information content (AvgIpc) is 2.47. The second kappa shape index (κ2) is 6.81. The summed E-state index contributed by atoms with van der Waals surface area (Å²) in [5.41, 5.74) is 0.546. The number of pyridine rings is 1. The number of nitrogens with one attached hydrogen (secondary N) is 2. The molecule has 0 amide bonds. The fraction of sp³-hybridized carbons (Fsp3) is 0.143. The lowest BCUT2D eigenvalue weighted by molar-refractivity contribution is 0.415. The molecule has 2 aromatic rings. The molecule has 0 aliphatic heterocycles. The van der Waals surface area contributed by atoms with Crippen LogP contribution >= 0.6 is 12.2 Å². The van der Waals surface area contributed by atoms with E-state index in [4.69, 9.17) is 17.0 Å². The summed E-state index contributed by atoms with van der Waals surface area (Å²) in [6.45, 7) is 0.299. The van der Waals surface area contributed by atoms with Gasteiger partial charge in [0.25, 0.3) is 0 Å². The molecule has 6 heteroatoms. The van der Waals surface area contributed by atoms with Gasteiger partial charge in [0, 0.05) is 18.3 Å². The highest BCUT2D eigenvalue weighted by Crippen LogP contribution is 2.19. The summed E-state index contributed by atoms with van der Waals surface area (Å²) < 4.78 is 18.6. The smallest absolute Gasteiger partial charge is 0.174 e. The largest absolute Gasteiger partial charge is 0.493 e. The normalized spacial score (nSPS) is 9.90. The molecule has 0 unspecified atom stereocenters. The topological polar surface area (TPSA) is 46.2 Å². The van der Waals surface area contributed by atoms with E-state index in [1.54, 1.807) is 43.6 Å². The van der Waals surface area contributed by atoms with Crippen molar-refractivity contribution < 1.29 is 9.13 Å². The van der Waals surface area contributed by atoms with Crippen LogP contribution in [0.4, 0.5) is 10.2 Å². The summed E-state index contributed by atoms with van der Waals surface area (Å²) in [5.74, 6) is 0.835. The van der Waals surface area contributed by atoms with Crippen molar-refractivity contribution in [3.63, 3.8) is 0 Å². The maximum absolute atomic E-state index is 13.4. The van der Waals surface area contributed by atoms with Crippen molar-refractivity contribution in [1.82, 2.24) is 10.3 Å². The van der Waals surface area contributed by atoms with E-state index < -0.39 is 0 Å². The maximum atomic E-state index is 13.4. The molecule has 1 aromatic heterocycles. The molecule has 0 radical (unpaired) electrons. The van der Waals surface area contributed by atoms with Crippen LogP contribution in [0.15, 0.2) is 42.6 Å². The molecular formula is C14H14FN3OS. The fourth-order valence-corrected chi connectivity index (χ4v) is 1.79. The van der Waals surface area contributed by atoms with E-state index in [1.165, 1.54) is 6.07 Å². The van der Waals surface area contributed by atoms with Crippen LogP contribution in [-0.2, 0) is 6.54 Å². The van der Waals surface area contributed by atoms with Crippen molar-refractivity contribution in [2.45, 2.75) is 6.54 Å². The van der Waals surface area contributed by atoms with Crippen molar-refractivity contribution >= 4 is 23.1 Å². The van der Waals surface area contributed by atoms with Crippen LogP contribution < -0.4 is 15.4 Å². The highest BCUT2D eigenvalue weighted by Gasteiger charge is 2.06. The van der Waals surface area contributed by atoms with Crippen LogP contribution in [0.5, 0.6) is 5.75 Å². The molecule has 0 saturated carbocycles. The third kappa shape index (κ3) is 3.64. The lowest BCUT2D eigenvalue weighted by Gasteiger charge is -2.12. The van der Waals surface area contributed by atoms with Gasteiger partial charge in [0.15, 0.2) is 16.7 Å². The Balaban J connectivity index is 1.95. The number of thiocarbonyl (C=S) groups is 1. The predicted octanol–water partition coefficient (Wildman–Crippen LogP) is 2.72. The van der Waals surface area contributed by atoms with E-state index in [1.807, 2.05) is 0 Å². The molecule has 0 fully saturated rings. The van der Waals surface area contributed by atoms with Crippen LogP contribution in [0.2, 0.25) is 0 Å². The van der Waals surface area contributed by atoms with Gasteiger partial charge in [-0.15, -0.1) is 0 Å². The Bertz CT molecular complexity index is 606. The molecule has 1 heterocycles. The Morgan fingerprint density at radius 1 is 1.30 bits per heavy atom. The van der Waals surface area contributed by atoms with Crippen molar-refractivity contribution in [3.05, 3.63) is 54.0 Å². The lowest BCUT2D eigenvalue weighted by Crippen LogP contribution is -2.28. The summed E-state index contributed by atoms with van der Waals surface area (Å²) >= 11 is 5.15. The fourth-order valence-electron chi connectivity index (χ4n) is 1.62. The number of nitrogens with zero attached hydrogens (tertiary/aromatic N) is 1. The standard InChI is InChI=1S/C14H14FN3OS/c1-19-12-7-4-8-16-13(12)18-14(20)17-9-10-5-2-3-6-11(10)15/h2-8H,9H2,1H3,(H2,16,17,18,20). The molecule has 104 valence electrons. The highest BCUT2D eigenvalue weighted by molar-refractivity contribution is 7.80. The zero-order chi connectivity index (χ0) is 14.4. The number of hydrogen-bond acceptors (Lipinski definition) is 3. The average molecular weight is 291 g/mol. The molecule has 0 aliphatic rings. The Hall–Kier alpha value is -2.21. The van der Waals surface area contributed by atoms with E-state index in [-0.39, 0.29) is 5.82 Å². The van der Waals surface area contributed by atoms with Gasteiger partial charge in [-0.1, -0.05) is 18.2 Å². The number of methoxy groups -OCH3 is 1. The molecular weight excluding hydrogens is 277 g/mol. The second-order valence-corrected chi connectivity index (χ2v) is 4.36. The minimum absolute atomic E-state index is 0.266. The summed E-state index contributed by atoms with van der Waals surface area (Å²) in [5, 5.41) is 6.19. The van der Waals surface area contributed by atoms with Gasteiger partial charge in [0.2, 0.25) is 0 Å². The molecule has 20 heavy (non-hydrogen) atoms. The minimum Gasteiger partial charge on any atom is -0.493 e. The SMILES string of the molecule is COc1cccnc1NC(=S)NCc1ccccc1F. The highest BCUT2D eigenvalue weighted by atomic mass is 32.1. The number of hydrogen-bond donors (Lipinski definition) is 2. The van der Waals surface area contributed by atoms with Gasteiger partial charge in [-0.3, -0.25) is 0 Å². The molecule has 2 rings (SSSR count). The van der Waals surface area contributed by atoms with E-state index >= 15 is 0 Å². The van der Waals surface area contributed by atoms with Crippen LogP contribution in [-0.4, -0.2) is 17.2 Å². The van der Waals surface area contributed by atoms with Crippen molar-refractivity contribution in [3.8, 4) is 5.75 Å². The Morgan fingerprint density at radius 2 is 2.10 bits per heavy atom. The first-order valence-electron chi connectivity index (χ1n) is 5.98. The predicted molar refractivity (Wildman–Crippen MR) is 80.2 cm³/mol. The number of rotatable bonds is 4. The summed E-state index contributed by atoms with van der Waals surface area (Å²) in [6.07, 6.45) is 1.63. The van der Waals surface area contributed by atoms with E-state index in [2.05, 4.69) is 15.6 Å². The van der Waals surface area contributed by atoms with Crippen LogP contribution in [0.1, 0.15) is 5.56 Å². The molecule has 0 aliphatic carbocycles. The van der Waals surface area contributed by atoms with Gasteiger partial charge in [0.1, 0.15) is 5.82 Å². The lowest BCUT2D eigenvalue weighted by atomic mass is 10.2. The van der Waals surface area contributed by atoms with Crippen molar-refractivity contribution in [1.29, 1.82) is 0 Å². The van der Waals surface area contributed by atoms with Crippen molar-refractivity contribution in [2.24, 2.45) is 0 Å². The van der Waals surface area contributed by atoms with Crippen LogP contribution in [0.25, 0.3) is 0 Å². The van der Waals surface area contributed by atoms with E-state index in [0.29, 0.717) is 28.8 Å². The number of benzene rings is 1. The third-order valence-electron chi connectivity index (χ3n) is 2.62. The Kier molecular flexibility index (Phi) is 4.84. The number of halogens is 1. The van der Waals surface area contributed by atoms with E-state index in [9.17, 15) is 4.39 Å². The first kappa shape index (κ1) is 14.2. The maximum Gasteiger partial charge on any atom is 0.174 e. The van der Waals surface area contributed by atoms with Gasteiger partial charge in [-0.25, -0.2) is 9.37 Å². The second-order valence-electron chi connectivity index (χ2n) is 3.95. The molecule has 1 aromatic carbocycles. The van der Waals surface area contributed by atoms with Gasteiger partial charge in [-0.05, 0) is 30.4 Å². The van der Waals surface area contributed by atoms with Gasteiger partial charge < -0.3 is 15.4 Å². The number of anilines is 1. The van der Waals surface area contributed by atoms with Gasteiger partial charge >= 0.3 is 0 Å². The zero-order valence-electron chi connectivity index (χ0n) is 10.9. The van der Waals surface area contributed by atoms with Crippen molar-refractivity contribution in [2.75, 3.05) is 12.4 Å². The van der Waals surface area contributed by atoms with E-state index in [0.717, 1.165) is 0 Å². The quantitative estimate of drug-likeness (QED) is 0.848. The Morgan fingerprint density at radius 3 is 2.85 bits per heavy atom. The molecule has 0 bridgehead atoms. The van der Waals surface area contributed by atoms with Crippen LogP contribution in [0.3, 0.4) is 0 Å². The monoisotopic (exact) mass is 291 g/mol. The molecule has 2 N–H and O–H groups in total. The van der Waals surface area contributed by atoms with Crippen LogP contribution in [0, 0.1) is 5.82 Å². The summed E-state index contributed by atoms with van der Waals surface area (Å²) in [6, 6.07) is 10.1. The molecule has 0 saturated heterocycles. The Labute approximate surface area is 122 Å². The molecule has 4 nitrogen and oxygen atoms in total. The van der Waals surface area contributed by atoms with Gasteiger partial charge in [-0.2, -0.15) is 0 Å².